The first-order valence-electron chi connectivity index (χ1n) is 4.35. The highest BCUT2D eigenvalue weighted by Gasteiger charge is 2.61. The molecular weight excluding hydrogens is 188 g/mol. The summed E-state index contributed by atoms with van der Waals surface area (Å²) in [6.45, 7) is 2.36. The van der Waals surface area contributed by atoms with Crippen LogP contribution in [-0.4, -0.2) is 4.32 Å². The van der Waals surface area contributed by atoms with E-state index in [4.69, 9.17) is 0 Å². The number of alkyl halides is 1. The molecule has 1 unspecified atom stereocenters. The molecule has 10 heavy (non-hydrogen) atoms. The number of rotatable bonds is 0. The minimum absolute atomic E-state index is 0.528. The van der Waals surface area contributed by atoms with Crippen molar-refractivity contribution < 1.29 is 0 Å². The molecule has 0 aromatic carbocycles. The number of hydrogen-bond donors (Lipinski definition) is 0. The summed E-state index contributed by atoms with van der Waals surface area (Å²) in [5.74, 6) is 0. The van der Waals surface area contributed by atoms with E-state index in [1.807, 2.05) is 0 Å². The summed E-state index contributed by atoms with van der Waals surface area (Å²) < 4.78 is 0.528. The first-order chi connectivity index (χ1) is 4.66. The van der Waals surface area contributed by atoms with Crippen LogP contribution in [0.3, 0.4) is 0 Å². The Balaban J connectivity index is 2.05. The Hall–Kier alpha value is 0.480. The highest BCUT2D eigenvalue weighted by atomic mass is 79.9. The van der Waals surface area contributed by atoms with Gasteiger partial charge in [-0.25, -0.2) is 0 Å². The molecule has 0 saturated heterocycles. The Labute approximate surface area is 71.5 Å². The van der Waals surface area contributed by atoms with E-state index in [0.717, 1.165) is 5.41 Å². The zero-order valence-corrected chi connectivity index (χ0v) is 8.21. The summed E-state index contributed by atoms with van der Waals surface area (Å²) in [6.07, 6.45) is 8.82. The maximum Gasteiger partial charge on any atom is 0.0292 e. The van der Waals surface area contributed by atoms with Gasteiger partial charge in [0.2, 0.25) is 0 Å². The monoisotopic (exact) mass is 202 g/mol. The zero-order valence-electron chi connectivity index (χ0n) is 6.62. The predicted molar refractivity (Wildman–Crippen MR) is 47.5 cm³/mol. The van der Waals surface area contributed by atoms with Crippen LogP contribution in [0.2, 0.25) is 0 Å². The predicted octanol–water partition coefficient (Wildman–Crippen LogP) is 3.49. The third kappa shape index (κ3) is 0.861. The van der Waals surface area contributed by atoms with Gasteiger partial charge in [-0.15, -0.1) is 0 Å². The summed E-state index contributed by atoms with van der Waals surface area (Å²) in [6, 6.07) is 0. The van der Waals surface area contributed by atoms with Gasteiger partial charge < -0.3 is 0 Å². The van der Waals surface area contributed by atoms with Gasteiger partial charge in [-0.2, -0.15) is 0 Å². The SMILES string of the molecule is CC1(Br)CC12CCCCC2. The van der Waals surface area contributed by atoms with Gasteiger partial charge in [0, 0.05) is 4.32 Å². The largest absolute Gasteiger partial charge is 0.0850 e. The molecule has 2 aliphatic carbocycles. The summed E-state index contributed by atoms with van der Waals surface area (Å²) in [7, 11) is 0. The molecule has 0 heterocycles. The molecule has 0 aromatic heterocycles. The lowest BCUT2D eigenvalue weighted by Crippen LogP contribution is -2.14. The van der Waals surface area contributed by atoms with E-state index in [1.54, 1.807) is 0 Å². The van der Waals surface area contributed by atoms with Crippen LogP contribution in [0, 0.1) is 5.41 Å². The van der Waals surface area contributed by atoms with Crippen molar-refractivity contribution in [1.29, 1.82) is 0 Å². The highest BCUT2D eigenvalue weighted by molar-refractivity contribution is 9.10. The normalized spacial score (nSPS) is 43.8. The molecule has 0 aromatic rings. The van der Waals surface area contributed by atoms with Gasteiger partial charge in [-0.1, -0.05) is 35.2 Å². The lowest BCUT2D eigenvalue weighted by atomic mass is 9.85. The molecule has 2 fully saturated rings. The van der Waals surface area contributed by atoms with Crippen LogP contribution < -0.4 is 0 Å². The van der Waals surface area contributed by atoms with Gasteiger partial charge in [-0.05, 0) is 31.6 Å². The Bertz CT molecular complexity index is 143. The first kappa shape index (κ1) is 7.15. The van der Waals surface area contributed by atoms with Crippen LogP contribution in [0.4, 0.5) is 0 Å². The fourth-order valence-corrected chi connectivity index (χ4v) is 3.45. The lowest BCUT2D eigenvalue weighted by molar-refractivity contribution is 0.323. The summed E-state index contributed by atoms with van der Waals surface area (Å²) in [4.78, 5) is 0. The molecule has 0 amide bonds. The van der Waals surface area contributed by atoms with Gasteiger partial charge in [0.05, 0.1) is 0 Å². The van der Waals surface area contributed by atoms with Crippen molar-refractivity contribution in [2.75, 3.05) is 0 Å². The Morgan fingerprint density at radius 1 is 1.10 bits per heavy atom. The van der Waals surface area contributed by atoms with Crippen molar-refractivity contribution in [3.63, 3.8) is 0 Å². The Morgan fingerprint density at radius 2 is 1.60 bits per heavy atom. The van der Waals surface area contributed by atoms with Crippen LogP contribution in [0.15, 0.2) is 0 Å². The van der Waals surface area contributed by atoms with Crippen molar-refractivity contribution in [2.45, 2.75) is 49.8 Å². The van der Waals surface area contributed by atoms with Crippen LogP contribution in [-0.2, 0) is 0 Å². The summed E-state index contributed by atoms with van der Waals surface area (Å²) in [5.41, 5.74) is 0.741. The molecule has 58 valence electrons. The second kappa shape index (κ2) is 2.00. The van der Waals surface area contributed by atoms with Gasteiger partial charge in [-0.3, -0.25) is 0 Å². The summed E-state index contributed by atoms with van der Waals surface area (Å²) in [5, 5.41) is 0. The lowest BCUT2D eigenvalue weighted by Gasteiger charge is -2.23. The smallest absolute Gasteiger partial charge is 0.0292 e. The minimum Gasteiger partial charge on any atom is -0.0850 e. The summed E-state index contributed by atoms with van der Waals surface area (Å²) >= 11 is 3.80. The van der Waals surface area contributed by atoms with Gasteiger partial charge >= 0.3 is 0 Å². The van der Waals surface area contributed by atoms with Crippen molar-refractivity contribution in [3.05, 3.63) is 0 Å². The molecule has 1 atom stereocenters. The van der Waals surface area contributed by atoms with Gasteiger partial charge in [0.25, 0.3) is 0 Å². The fourth-order valence-electron chi connectivity index (χ4n) is 2.52. The quantitative estimate of drug-likeness (QED) is 0.528. The molecule has 2 aliphatic rings. The minimum atomic E-state index is 0.528. The van der Waals surface area contributed by atoms with Gasteiger partial charge in [0.15, 0.2) is 0 Å². The highest BCUT2D eigenvalue weighted by Crippen LogP contribution is 2.68. The second-order valence-corrected chi connectivity index (χ2v) is 5.97. The molecule has 0 nitrogen and oxygen atoms in total. The molecule has 0 bridgehead atoms. The van der Waals surface area contributed by atoms with Crippen molar-refractivity contribution in [2.24, 2.45) is 5.41 Å². The van der Waals surface area contributed by atoms with Crippen LogP contribution in [0.1, 0.15) is 45.4 Å². The van der Waals surface area contributed by atoms with Crippen LogP contribution in [0.25, 0.3) is 0 Å². The van der Waals surface area contributed by atoms with E-state index in [-0.39, 0.29) is 0 Å². The van der Waals surface area contributed by atoms with E-state index in [1.165, 1.54) is 38.5 Å². The molecule has 0 N–H and O–H groups in total. The average Bonchev–Trinajstić information content (AvgIpc) is 2.36. The van der Waals surface area contributed by atoms with Crippen molar-refractivity contribution in [1.82, 2.24) is 0 Å². The standard InChI is InChI=1S/C9H15Br/c1-8(10)7-9(8)5-3-2-4-6-9/h2-7H2,1H3. The topological polar surface area (TPSA) is 0 Å². The molecule has 2 saturated carbocycles. The average molecular weight is 203 g/mol. The Kier molecular flexibility index (Phi) is 1.43. The van der Waals surface area contributed by atoms with Crippen LogP contribution >= 0.6 is 15.9 Å². The zero-order chi connectivity index (χ0) is 7.24. The van der Waals surface area contributed by atoms with E-state index < -0.39 is 0 Å². The maximum atomic E-state index is 3.80. The third-order valence-corrected chi connectivity index (χ3v) is 4.58. The second-order valence-electron chi connectivity index (χ2n) is 4.22. The van der Waals surface area contributed by atoms with E-state index in [2.05, 4.69) is 22.9 Å². The fraction of sp³-hybridized carbons (Fsp3) is 1.00. The molecule has 1 heteroatoms. The van der Waals surface area contributed by atoms with Crippen molar-refractivity contribution >= 4 is 15.9 Å². The number of hydrogen-bond acceptors (Lipinski definition) is 0. The number of halogens is 1. The first-order valence-corrected chi connectivity index (χ1v) is 5.15. The molecule has 2 rings (SSSR count). The van der Waals surface area contributed by atoms with Gasteiger partial charge in [0.1, 0.15) is 0 Å². The molecule has 0 radical (unpaired) electrons. The maximum absolute atomic E-state index is 3.80. The Morgan fingerprint density at radius 3 is 1.90 bits per heavy atom. The molecule has 1 spiro atoms. The third-order valence-electron chi connectivity index (χ3n) is 3.46. The molecular formula is C9H15Br. The molecule has 0 aliphatic heterocycles. The van der Waals surface area contributed by atoms with E-state index in [0.29, 0.717) is 4.32 Å². The van der Waals surface area contributed by atoms with Crippen LogP contribution in [0.5, 0.6) is 0 Å². The van der Waals surface area contributed by atoms with E-state index >= 15 is 0 Å². The van der Waals surface area contributed by atoms with E-state index in [9.17, 15) is 0 Å². The van der Waals surface area contributed by atoms with Crippen molar-refractivity contribution in [3.8, 4) is 0 Å².